The van der Waals surface area contributed by atoms with Crippen molar-refractivity contribution in [1.82, 2.24) is 0 Å². The van der Waals surface area contributed by atoms with E-state index in [0.29, 0.717) is 17.2 Å². The average Bonchev–Trinajstić information content (AvgIpc) is 3.12. The SMILES string of the molecule is C[C@H](OC(=O)[C@@H]1CCS(=O)(=O)C1)C(=O)Nc1ccc2c(c1)OCO2. The topological polar surface area (TPSA) is 108 Å². The minimum Gasteiger partial charge on any atom is -0.454 e. The van der Waals surface area contributed by atoms with E-state index in [0.717, 1.165) is 0 Å². The third kappa shape index (κ3) is 3.61. The fourth-order valence-electron chi connectivity index (χ4n) is 2.52. The van der Waals surface area contributed by atoms with Gasteiger partial charge in [-0.2, -0.15) is 0 Å². The first-order valence-electron chi connectivity index (χ1n) is 7.45. The van der Waals surface area contributed by atoms with Crippen LogP contribution in [0.1, 0.15) is 13.3 Å². The molecule has 130 valence electrons. The number of benzene rings is 1. The largest absolute Gasteiger partial charge is 0.454 e. The van der Waals surface area contributed by atoms with Gasteiger partial charge in [0, 0.05) is 11.8 Å². The van der Waals surface area contributed by atoms with Gasteiger partial charge in [-0.3, -0.25) is 9.59 Å². The quantitative estimate of drug-likeness (QED) is 0.793. The molecule has 1 aromatic rings. The summed E-state index contributed by atoms with van der Waals surface area (Å²) in [6.45, 7) is 1.56. The van der Waals surface area contributed by atoms with Gasteiger partial charge in [0.15, 0.2) is 27.4 Å². The molecule has 2 atom stereocenters. The average molecular weight is 355 g/mol. The Kier molecular flexibility index (Phi) is 4.35. The van der Waals surface area contributed by atoms with Crippen LogP contribution < -0.4 is 14.8 Å². The van der Waals surface area contributed by atoms with Crippen LogP contribution >= 0.6 is 0 Å². The van der Waals surface area contributed by atoms with E-state index >= 15 is 0 Å². The molecule has 3 rings (SSSR count). The highest BCUT2D eigenvalue weighted by Gasteiger charge is 2.35. The fraction of sp³-hybridized carbons (Fsp3) is 0.467. The molecule has 0 radical (unpaired) electrons. The molecule has 1 amide bonds. The molecule has 0 aromatic heterocycles. The molecule has 0 aliphatic carbocycles. The summed E-state index contributed by atoms with van der Waals surface area (Å²) in [5.74, 6) is -1.00. The molecule has 8 nitrogen and oxygen atoms in total. The predicted octanol–water partition coefficient (Wildman–Crippen LogP) is 0.720. The summed E-state index contributed by atoms with van der Waals surface area (Å²) in [5.41, 5.74) is 0.482. The van der Waals surface area contributed by atoms with E-state index in [9.17, 15) is 18.0 Å². The number of anilines is 1. The van der Waals surface area contributed by atoms with Gasteiger partial charge in [-0.05, 0) is 25.5 Å². The number of carbonyl (C=O) groups is 2. The Morgan fingerprint density at radius 2 is 2.04 bits per heavy atom. The molecule has 1 N–H and O–H groups in total. The Morgan fingerprint density at radius 3 is 2.75 bits per heavy atom. The van der Waals surface area contributed by atoms with Gasteiger partial charge in [0.25, 0.3) is 5.91 Å². The zero-order valence-corrected chi connectivity index (χ0v) is 13.8. The van der Waals surface area contributed by atoms with Crippen LogP contribution in [0.5, 0.6) is 11.5 Å². The van der Waals surface area contributed by atoms with Crippen molar-refractivity contribution in [2.75, 3.05) is 23.6 Å². The molecule has 0 spiro atoms. The van der Waals surface area contributed by atoms with Gasteiger partial charge in [0.05, 0.1) is 17.4 Å². The van der Waals surface area contributed by atoms with E-state index in [2.05, 4.69) is 5.32 Å². The van der Waals surface area contributed by atoms with Crippen LogP contribution in [0.25, 0.3) is 0 Å². The van der Waals surface area contributed by atoms with Gasteiger partial charge in [0.1, 0.15) is 0 Å². The Morgan fingerprint density at radius 1 is 1.29 bits per heavy atom. The van der Waals surface area contributed by atoms with Crippen LogP contribution in [0, 0.1) is 5.92 Å². The number of hydrogen-bond donors (Lipinski definition) is 1. The lowest BCUT2D eigenvalue weighted by atomic mass is 10.1. The van der Waals surface area contributed by atoms with Gasteiger partial charge in [-0.25, -0.2) is 8.42 Å². The molecule has 1 saturated heterocycles. The van der Waals surface area contributed by atoms with Gasteiger partial charge < -0.3 is 19.5 Å². The van der Waals surface area contributed by atoms with Crippen LogP contribution in [0.15, 0.2) is 18.2 Å². The Hall–Kier alpha value is -2.29. The highest BCUT2D eigenvalue weighted by atomic mass is 32.2. The third-order valence-corrected chi connectivity index (χ3v) is 5.64. The molecule has 2 heterocycles. The van der Waals surface area contributed by atoms with Gasteiger partial charge in [-0.15, -0.1) is 0 Å². The molecule has 9 heteroatoms. The molecular weight excluding hydrogens is 338 g/mol. The van der Waals surface area contributed by atoms with Crippen molar-refractivity contribution < 1.29 is 32.2 Å². The highest BCUT2D eigenvalue weighted by molar-refractivity contribution is 7.91. The lowest BCUT2D eigenvalue weighted by molar-refractivity contribution is -0.156. The van der Waals surface area contributed by atoms with E-state index in [4.69, 9.17) is 14.2 Å². The molecule has 1 aromatic carbocycles. The lowest BCUT2D eigenvalue weighted by Crippen LogP contribution is -2.32. The normalized spacial score (nSPS) is 22.0. The zero-order chi connectivity index (χ0) is 17.3. The van der Waals surface area contributed by atoms with Gasteiger partial charge >= 0.3 is 5.97 Å². The zero-order valence-electron chi connectivity index (χ0n) is 13.0. The summed E-state index contributed by atoms with van der Waals surface area (Å²) in [6.07, 6.45) is -0.802. The number of sulfone groups is 1. The molecule has 2 aliphatic heterocycles. The van der Waals surface area contributed by atoms with Crippen molar-refractivity contribution in [2.24, 2.45) is 5.92 Å². The predicted molar refractivity (Wildman–Crippen MR) is 83.5 cm³/mol. The summed E-state index contributed by atoms with van der Waals surface area (Å²) >= 11 is 0. The van der Waals surface area contributed by atoms with E-state index in [1.165, 1.54) is 6.92 Å². The minimum absolute atomic E-state index is 0.0233. The van der Waals surface area contributed by atoms with Gasteiger partial charge in [0.2, 0.25) is 6.79 Å². The molecule has 0 unspecified atom stereocenters. The monoisotopic (exact) mass is 355 g/mol. The first-order valence-corrected chi connectivity index (χ1v) is 9.27. The highest BCUT2D eigenvalue weighted by Crippen LogP contribution is 2.34. The fourth-order valence-corrected chi connectivity index (χ4v) is 4.25. The lowest BCUT2D eigenvalue weighted by Gasteiger charge is -2.15. The van der Waals surface area contributed by atoms with E-state index < -0.39 is 33.7 Å². The third-order valence-electron chi connectivity index (χ3n) is 3.87. The van der Waals surface area contributed by atoms with Crippen molar-refractivity contribution in [3.05, 3.63) is 18.2 Å². The molecule has 24 heavy (non-hydrogen) atoms. The summed E-state index contributed by atoms with van der Waals surface area (Å²) in [4.78, 5) is 24.1. The summed E-state index contributed by atoms with van der Waals surface area (Å²) in [6, 6.07) is 4.92. The van der Waals surface area contributed by atoms with Crippen molar-refractivity contribution in [3.63, 3.8) is 0 Å². The first-order chi connectivity index (χ1) is 11.3. The van der Waals surface area contributed by atoms with Crippen molar-refractivity contribution in [1.29, 1.82) is 0 Å². The smallest absolute Gasteiger partial charge is 0.310 e. The molecule has 1 fully saturated rings. The number of nitrogens with one attached hydrogen (secondary N) is 1. The Bertz CT molecular complexity index is 774. The summed E-state index contributed by atoms with van der Waals surface area (Å²) in [5, 5.41) is 2.61. The molecule has 0 bridgehead atoms. The first kappa shape index (κ1) is 16.6. The second-order valence-electron chi connectivity index (χ2n) is 5.74. The maximum atomic E-state index is 12.1. The number of ether oxygens (including phenoxy) is 3. The van der Waals surface area contributed by atoms with Crippen LogP contribution in [0.3, 0.4) is 0 Å². The minimum atomic E-state index is -3.18. The van der Waals surface area contributed by atoms with Crippen molar-refractivity contribution in [2.45, 2.75) is 19.4 Å². The van der Waals surface area contributed by atoms with Crippen LogP contribution in [0.2, 0.25) is 0 Å². The number of carbonyl (C=O) groups excluding carboxylic acids is 2. The van der Waals surface area contributed by atoms with Crippen molar-refractivity contribution >= 4 is 27.4 Å². The van der Waals surface area contributed by atoms with Crippen molar-refractivity contribution in [3.8, 4) is 11.5 Å². The maximum absolute atomic E-state index is 12.1. The number of rotatable bonds is 4. The second-order valence-corrected chi connectivity index (χ2v) is 7.97. The molecule has 2 aliphatic rings. The summed E-state index contributed by atoms with van der Waals surface area (Å²) in [7, 11) is -3.18. The number of amides is 1. The number of fused-ring (bicyclic) bond motifs is 1. The van der Waals surface area contributed by atoms with Crippen LogP contribution in [-0.2, 0) is 24.2 Å². The standard InChI is InChI=1S/C15H17NO7S/c1-9(23-15(18)10-4-5-24(19,20)7-10)14(17)16-11-2-3-12-13(6-11)22-8-21-12/h2-3,6,9-10H,4-5,7-8H2,1H3,(H,16,17)/t9-,10+/m0/s1. The Balaban J connectivity index is 1.56. The van der Waals surface area contributed by atoms with E-state index in [1.54, 1.807) is 18.2 Å². The van der Waals surface area contributed by atoms with Crippen LogP contribution in [-0.4, -0.2) is 44.7 Å². The van der Waals surface area contributed by atoms with Crippen LogP contribution in [0.4, 0.5) is 5.69 Å². The van der Waals surface area contributed by atoms with Gasteiger partial charge in [-0.1, -0.05) is 0 Å². The number of esters is 1. The molecular formula is C15H17NO7S. The molecule has 0 saturated carbocycles. The second kappa shape index (κ2) is 6.31. The maximum Gasteiger partial charge on any atom is 0.310 e. The summed E-state index contributed by atoms with van der Waals surface area (Å²) < 4.78 is 38.3. The van der Waals surface area contributed by atoms with E-state index in [-0.39, 0.29) is 24.7 Å². The Labute approximate surface area is 139 Å². The number of hydrogen-bond acceptors (Lipinski definition) is 7. The van der Waals surface area contributed by atoms with E-state index in [1.807, 2.05) is 0 Å².